The van der Waals surface area contributed by atoms with E-state index in [1.165, 1.54) is 4.90 Å². The Morgan fingerprint density at radius 3 is 1.61 bits per heavy atom. The summed E-state index contributed by atoms with van der Waals surface area (Å²) in [6.07, 6.45) is -0.940. The molecule has 0 spiro atoms. The fraction of sp³-hybridized carbons (Fsp3) is 0.933. The Morgan fingerprint density at radius 1 is 0.870 bits per heavy atom. The Labute approximate surface area is 138 Å². The monoisotopic (exact) mass is 336 g/mol. The van der Waals surface area contributed by atoms with Crippen LogP contribution in [0.1, 0.15) is 20.8 Å². The van der Waals surface area contributed by atoms with Gasteiger partial charge in [0.2, 0.25) is 0 Å². The number of nitrogens with zero attached hydrogens (tertiary/aromatic N) is 1. The van der Waals surface area contributed by atoms with Crippen LogP contribution in [0.3, 0.4) is 0 Å². The van der Waals surface area contributed by atoms with Gasteiger partial charge in [-0.15, -0.1) is 0 Å². The highest BCUT2D eigenvalue weighted by atomic mass is 16.6. The molecular weight excluding hydrogens is 304 g/mol. The first kappa shape index (κ1) is 22.1. The van der Waals surface area contributed by atoms with Gasteiger partial charge in [-0.05, 0) is 20.8 Å². The van der Waals surface area contributed by atoms with E-state index in [1.54, 1.807) is 0 Å². The average Bonchev–Trinajstić information content (AvgIpc) is 2.46. The van der Waals surface area contributed by atoms with E-state index in [0.29, 0.717) is 65.9 Å². The molecule has 0 unspecified atom stereocenters. The van der Waals surface area contributed by atoms with Crippen molar-refractivity contribution in [2.24, 2.45) is 5.73 Å². The molecule has 0 bridgehead atoms. The zero-order valence-corrected chi connectivity index (χ0v) is 14.6. The Balaban J connectivity index is 3.38. The maximum Gasteiger partial charge on any atom is 0.407 e. The fourth-order valence-electron chi connectivity index (χ4n) is 1.72. The minimum atomic E-state index is -0.940. The summed E-state index contributed by atoms with van der Waals surface area (Å²) in [5.74, 6) is 0. The number of hydrogen-bond acceptors (Lipinski definition) is 6. The van der Waals surface area contributed by atoms with Gasteiger partial charge < -0.3 is 34.7 Å². The molecule has 0 aliphatic heterocycles. The first-order valence-electron chi connectivity index (χ1n) is 7.91. The predicted octanol–water partition coefficient (Wildman–Crippen LogP) is 0.790. The van der Waals surface area contributed by atoms with Crippen molar-refractivity contribution in [3.63, 3.8) is 0 Å². The summed E-state index contributed by atoms with van der Waals surface area (Å²) in [6, 6.07) is 0. The molecule has 0 atom stereocenters. The summed E-state index contributed by atoms with van der Waals surface area (Å²) in [5.41, 5.74) is 4.85. The molecule has 0 aliphatic carbocycles. The van der Waals surface area contributed by atoms with Gasteiger partial charge >= 0.3 is 6.09 Å². The number of carbonyl (C=O) groups is 1. The van der Waals surface area contributed by atoms with Crippen molar-refractivity contribution in [2.45, 2.75) is 26.3 Å². The molecule has 0 aromatic rings. The van der Waals surface area contributed by atoms with E-state index in [2.05, 4.69) is 0 Å². The second-order valence-electron chi connectivity index (χ2n) is 5.84. The first-order valence-corrected chi connectivity index (χ1v) is 7.91. The van der Waals surface area contributed by atoms with E-state index < -0.39 is 11.6 Å². The second kappa shape index (κ2) is 13.5. The minimum absolute atomic E-state index is 0.338. The SMILES string of the molecule is CC(C)(C)N(CCOCCOCCOCCOCCN)C(=O)O. The lowest BCUT2D eigenvalue weighted by atomic mass is 10.1. The zero-order valence-electron chi connectivity index (χ0n) is 14.6. The van der Waals surface area contributed by atoms with Crippen LogP contribution < -0.4 is 5.73 Å². The van der Waals surface area contributed by atoms with Gasteiger partial charge in [0.15, 0.2) is 0 Å². The molecule has 138 valence electrons. The smallest absolute Gasteiger partial charge is 0.407 e. The van der Waals surface area contributed by atoms with E-state index >= 15 is 0 Å². The largest absolute Gasteiger partial charge is 0.465 e. The van der Waals surface area contributed by atoms with Crippen molar-refractivity contribution >= 4 is 6.09 Å². The minimum Gasteiger partial charge on any atom is -0.465 e. The molecule has 23 heavy (non-hydrogen) atoms. The van der Waals surface area contributed by atoms with Crippen molar-refractivity contribution < 1.29 is 28.8 Å². The van der Waals surface area contributed by atoms with Crippen molar-refractivity contribution in [1.82, 2.24) is 4.90 Å². The molecule has 0 fully saturated rings. The van der Waals surface area contributed by atoms with Gasteiger partial charge in [-0.3, -0.25) is 0 Å². The molecule has 0 aliphatic rings. The molecular formula is C15H32N2O6. The van der Waals surface area contributed by atoms with Crippen molar-refractivity contribution in [1.29, 1.82) is 0 Å². The average molecular weight is 336 g/mol. The van der Waals surface area contributed by atoms with Gasteiger partial charge in [0.1, 0.15) is 0 Å². The summed E-state index contributed by atoms with van der Waals surface area (Å²) in [5, 5.41) is 9.12. The van der Waals surface area contributed by atoms with Gasteiger partial charge in [-0.1, -0.05) is 0 Å². The third-order valence-electron chi connectivity index (χ3n) is 2.88. The van der Waals surface area contributed by atoms with Crippen LogP contribution in [-0.4, -0.2) is 87.6 Å². The fourth-order valence-corrected chi connectivity index (χ4v) is 1.72. The topological polar surface area (TPSA) is 103 Å². The van der Waals surface area contributed by atoms with Crippen molar-refractivity contribution in [3.05, 3.63) is 0 Å². The number of carboxylic acid groups (broad SMARTS) is 1. The predicted molar refractivity (Wildman–Crippen MR) is 86.8 cm³/mol. The van der Waals surface area contributed by atoms with Gasteiger partial charge in [-0.25, -0.2) is 4.79 Å². The van der Waals surface area contributed by atoms with Crippen LogP contribution in [0.4, 0.5) is 4.79 Å². The highest BCUT2D eigenvalue weighted by molar-refractivity contribution is 5.65. The van der Waals surface area contributed by atoms with Crippen LogP contribution >= 0.6 is 0 Å². The van der Waals surface area contributed by atoms with Crippen LogP contribution in [0.15, 0.2) is 0 Å². The molecule has 0 heterocycles. The van der Waals surface area contributed by atoms with E-state index in [1.807, 2.05) is 20.8 Å². The lowest BCUT2D eigenvalue weighted by molar-refractivity contribution is -0.00524. The standard InChI is InChI=1S/C15H32N2O6/c1-15(2,3)17(14(18)19)5-7-21-9-11-23-13-12-22-10-8-20-6-4-16/h4-13,16H2,1-3H3,(H,18,19). The van der Waals surface area contributed by atoms with Gasteiger partial charge in [0.05, 0.1) is 52.9 Å². The summed E-state index contributed by atoms with van der Waals surface area (Å²) in [6.45, 7) is 10.2. The second-order valence-corrected chi connectivity index (χ2v) is 5.84. The Morgan fingerprint density at radius 2 is 1.26 bits per heavy atom. The van der Waals surface area contributed by atoms with Crippen LogP contribution in [0.2, 0.25) is 0 Å². The van der Waals surface area contributed by atoms with Gasteiger partial charge in [-0.2, -0.15) is 0 Å². The summed E-state index contributed by atoms with van der Waals surface area (Å²) >= 11 is 0. The van der Waals surface area contributed by atoms with E-state index in [-0.39, 0.29) is 0 Å². The number of amides is 1. The molecule has 0 aromatic carbocycles. The zero-order chi connectivity index (χ0) is 17.6. The van der Waals surface area contributed by atoms with Crippen LogP contribution in [0, 0.1) is 0 Å². The third-order valence-corrected chi connectivity index (χ3v) is 2.88. The first-order chi connectivity index (χ1) is 10.9. The highest BCUT2D eigenvalue weighted by Gasteiger charge is 2.25. The number of nitrogens with two attached hydrogens (primary N) is 1. The van der Waals surface area contributed by atoms with Crippen molar-refractivity contribution in [3.8, 4) is 0 Å². The number of rotatable bonds is 14. The molecule has 8 heteroatoms. The molecule has 0 radical (unpaired) electrons. The number of ether oxygens (including phenoxy) is 4. The quantitative estimate of drug-likeness (QED) is 0.452. The summed E-state index contributed by atoms with van der Waals surface area (Å²) in [4.78, 5) is 12.5. The summed E-state index contributed by atoms with van der Waals surface area (Å²) < 4.78 is 21.2. The lowest BCUT2D eigenvalue weighted by Gasteiger charge is -2.32. The molecule has 8 nitrogen and oxygen atoms in total. The Bertz CT molecular complexity index is 296. The summed E-state index contributed by atoms with van der Waals surface area (Å²) in [7, 11) is 0. The van der Waals surface area contributed by atoms with Gasteiger partial charge in [0, 0.05) is 18.6 Å². The van der Waals surface area contributed by atoms with Gasteiger partial charge in [0.25, 0.3) is 0 Å². The molecule has 0 saturated heterocycles. The molecule has 3 N–H and O–H groups in total. The normalized spacial score (nSPS) is 11.7. The lowest BCUT2D eigenvalue weighted by Crippen LogP contribution is -2.46. The molecule has 0 aromatic heterocycles. The Kier molecular flexibility index (Phi) is 13.0. The van der Waals surface area contributed by atoms with Crippen LogP contribution in [0.5, 0.6) is 0 Å². The highest BCUT2D eigenvalue weighted by Crippen LogP contribution is 2.12. The third kappa shape index (κ3) is 13.2. The van der Waals surface area contributed by atoms with E-state index in [9.17, 15) is 4.79 Å². The maximum atomic E-state index is 11.1. The van der Waals surface area contributed by atoms with Crippen LogP contribution in [-0.2, 0) is 18.9 Å². The van der Waals surface area contributed by atoms with Crippen LogP contribution in [0.25, 0.3) is 0 Å². The van der Waals surface area contributed by atoms with Crippen molar-refractivity contribution in [2.75, 3.05) is 65.9 Å². The number of hydrogen-bond donors (Lipinski definition) is 2. The van der Waals surface area contributed by atoms with E-state index in [4.69, 9.17) is 29.8 Å². The molecule has 0 saturated carbocycles. The molecule has 1 amide bonds. The molecule has 0 rings (SSSR count). The maximum absolute atomic E-state index is 11.1. The van der Waals surface area contributed by atoms with E-state index in [0.717, 1.165) is 0 Å². The Hall–Kier alpha value is -0.930.